The number of allylic oxidation sites excluding steroid dienone is 2. The summed E-state index contributed by atoms with van der Waals surface area (Å²) in [5.74, 6) is 0.265. The van der Waals surface area contributed by atoms with Crippen LogP contribution in [0.5, 0.6) is 5.75 Å². The molecule has 0 aromatic heterocycles. The highest BCUT2D eigenvalue weighted by molar-refractivity contribution is 5.82. The van der Waals surface area contributed by atoms with Crippen molar-refractivity contribution in [2.75, 3.05) is 0 Å². The molecule has 0 heterocycles. The van der Waals surface area contributed by atoms with E-state index in [0.717, 1.165) is 11.1 Å². The van der Waals surface area contributed by atoms with Crippen molar-refractivity contribution in [3.63, 3.8) is 0 Å². The molecule has 2 N–H and O–H groups in total. The Balaban J connectivity index is 2.97. The average molecular weight is 161 g/mol. The van der Waals surface area contributed by atoms with Crippen molar-refractivity contribution in [3.05, 3.63) is 35.9 Å². The summed E-state index contributed by atoms with van der Waals surface area (Å²) in [5, 5.41) is 15.9. The van der Waals surface area contributed by atoms with Crippen LogP contribution in [0.1, 0.15) is 12.5 Å². The highest BCUT2D eigenvalue weighted by atomic mass is 16.3. The van der Waals surface area contributed by atoms with Crippen molar-refractivity contribution in [3.8, 4) is 5.75 Å². The topological polar surface area (TPSA) is 44.1 Å². The lowest BCUT2D eigenvalue weighted by Gasteiger charge is -1.99. The van der Waals surface area contributed by atoms with E-state index in [9.17, 15) is 0 Å². The van der Waals surface area contributed by atoms with Crippen molar-refractivity contribution in [1.29, 1.82) is 5.41 Å². The molecule has 1 aromatic rings. The quantitative estimate of drug-likeness (QED) is 0.643. The molecule has 0 amide bonds. The van der Waals surface area contributed by atoms with E-state index in [1.807, 2.05) is 19.1 Å². The Bertz CT molecular complexity index is 298. The van der Waals surface area contributed by atoms with Gasteiger partial charge in [-0.2, -0.15) is 0 Å². The van der Waals surface area contributed by atoms with Crippen LogP contribution in [0, 0.1) is 5.41 Å². The van der Waals surface area contributed by atoms with Gasteiger partial charge in [0.1, 0.15) is 5.75 Å². The summed E-state index contributed by atoms with van der Waals surface area (Å²) in [6.45, 7) is 1.93. The van der Waals surface area contributed by atoms with Gasteiger partial charge in [0, 0.05) is 6.21 Å². The molecule has 0 aliphatic rings. The molecule has 0 unspecified atom stereocenters. The lowest BCUT2D eigenvalue weighted by Crippen LogP contribution is -1.78. The van der Waals surface area contributed by atoms with Gasteiger partial charge in [-0.05, 0) is 36.3 Å². The van der Waals surface area contributed by atoms with Crippen molar-refractivity contribution in [2.45, 2.75) is 6.92 Å². The van der Waals surface area contributed by atoms with E-state index in [1.165, 1.54) is 6.21 Å². The monoisotopic (exact) mass is 161 g/mol. The van der Waals surface area contributed by atoms with Gasteiger partial charge < -0.3 is 10.5 Å². The molecule has 2 nitrogen and oxygen atoms in total. The van der Waals surface area contributed by atoms with Gasteiger partial charge in [-0.1, -0.05) is 12.1 Å². The Labute approximate surface area is 71.7 Å². The van der Waals surface area contributed by atoms with E-state index < -0.39 is 0 Å². The van der Waals surface area contributed by atoms with Gasteiger partial charge in [-0.25, -0.2) is 0 Å². The maximum absolute atomic E-state index is 9.00. The summed E-state index contributed by atoms with van der Waals surface area (Å²) < 4.78 is 0. The minimum Gasteiger partial charge on any atom is -0.508 e. The zero-order valence-corrected chi connectivity index (χ0v) is 6.91. The van der Waals surface area contributed by atoms with Crippen molar-refractivity contribution < 1.29 is 5.11 Å². The number of hydrogen-bond donors (Lipinski definition) is 2. The normalized spacial score (nSPS) is 11.2. The summed E-state index contributed by atoms with van der Waals surface area (Å²) >= 11 is 0. The van der Waals surface area contributed by atoms with Crippen molar-refractivity contribution in [2.24, 2.45) is 0 Å². The Hall–Kier alpha value is -1.57. The highest BCUT2D eigenvalue weighted by Crippen LogP contribution is 2.16. The van der Waals surface area contributed by atoms with E-state index in [4.69, 9.17) is 10.5 Å². The van der Waals surface area contributed by atoms with Crippen LogP contribution in [0.15, 0.2) is 30.3 Å². The van der Waals surface area contributed by atoms with Crippen LogP contribution in [0.25, 0.3) is 5.57 Å². The van der Waals surface area contributed by atoms with Crippen molar-refractivity contribution >= 4 is 11.8 Å². The number of benzene rings is 1. The number of phenolic OH excluding ortho intramolecular Hbond substituents is 1. The maximum Gasteiger partial charge on any atom is 0.115 e. The molecule has 0 fully saturated rings. The minimum atomic E-state index is 0.265. The summed E-state index contributed by atoms with van der Waals surface area (Å²) in [7, 11) is 0. The van der Waals surface area contributed by atoms with Crippen LogP contribution in [-0.2, 0) is 0 Å². The SMILES string of the molecule is CC(=CC=N)c1ccc(O)cc1. The molecule has 0 atom stereocenters. The van der Waals surface area contributed by atoms with Crippen LogP contribution in [0.3, 0.4) is 0 Å². The third-order valence-electron chi connectivity index (χ3n) is 1.66. The van der Waals surface area contributed by atoms with Gasteiger partial charge in [0.05, 0.1) is 0 Å². The molecule has 2 heteroatoms. The predicted molar refractivity (Wildman–Crippen MR) is 50.5 cm³/mol. The summed E-state index contributed by atoms with van der Waals surface area (Å²) in [6.07, 6.45) is 2.97. The summed E-state index contributed by atoms with van der Waals surface area (Å²) in [4.78, 5) is 0. The van der Waals surface area contributed by atoms with Gasteiger partial charge in [0.2, 0.25) is 0 Å². The lowest BCUT2D eigenvalue weighted by molar-refractivity contribution is 0.475. The second-order valence-corrected chi connectivity index (χ2v) is 2.56. The van der Waals surface area contributed by atoms with Crippen LogP contribution in [0.2, 0.25) is 0 Å². The number of phenols is 1. The fourth-order valence-electron chi connectivity index (χ4n) is 0.946. The summed E-state index contributed by atoms with van der Waals surface area (Å²) in [6, 6.07) is 6.92. The second kappa shape index (κ2) is 3.72. The number of nitrogens with one attached hydrogen (secondary N) is 1. The molecule has 0 radical (unpaired) electrons. The van der Waals surface area contributed by atoms with Gasteiger partial charge in [-0.3, -0.25) is 0 Å². The predicted octanol–water partition coefficient (Wildman–Crippen LogP) is 2.45. The number of rotatable bonds is 2. The molecule has 0 saturated heterocycles. The van der Waals surface area contributed by atoms with E-state index in [1.54, 1.807) is 18.2 Å². The first-order valence-corrected chi connectivity index (χ1v) is 3.71. The Morgan fingerprint density at radius 3 is 2.42 bits per heavy atom. The molecule has 0 bridgehead atoms. The van der Waals surface area contributed by atoms with Crippen LogP contribution in [0.4, 0.5) is 0 Å². The summed E-state index contributed by atoms with van der Waals surface area (Å²) in [5.41, 5.74) is 2.04. The first-order chi connectivity index (χ1) is 5.74. The van der Waals surface area contributed by atoms with Crippen LogP contribution >= 0.6 is 0 Å². The zero-order chi connectivity index (χ0) is 8.97. The molecule has 0 aliphatic heterocycles. The van der Waals surface area contributed by atoms with E-state index in [2.05, 4.69) is 0 Å². The average Bonchev–Trinajstić information content (AvgIpc) is 2.06. The molecule has 1 aromatic carbocycles. The minimum absolute atomic E-state index is 0.265. The standard InChI is InChI=1S/C10H11NO/c1-8(6-7-11)9-2-4-10(12)5-3-9/h2-7,11-12H,1H3. The zero-order valence-electron chi connectivity index (χ0n) is 6.91. The second-order valence-electron chi connectivity index (χ2n) is 2.56. The number of hydrogen-bond acceptors (Lipinski definition) is 2. The number of aromatic hydroxyl groups is 1. The molecule has 0 spiro atoms. The fourth-order valence-corrected chi connectivity index (χ4v) is 0.946. The van der Waals surface area contributed by atoms with Crippen LogP contribution in [-0.4, -0.2) is 11.3 Å². The Morgan fingerprint density at radius 1 is 1.33 bits per heavy atom. The molecule has 62 valence electrons. The molecule has 0 saturated carbocycles. The molecule has 0 aliphatic carbocycles. The Morgan fingerprint density at radius 2 is 1.92 bits per heavy atom. The molecule has 1 rings (SSSR count). The maximum atomic E-state index is 9.00. The van der Waals surface area contributed by atoms with E-state index >= 15 is 0 Å². The smallest absolute Gasteiger partial charge is 0.115 e. The van der Waals surface area contributed by atoms with Gasteiger partial charge >= 0.3 is 0 Å². The first kappa shape index (κ1) is 8.53. The van der Waals surface area contributed by atoms with E-state index in [-0.39, 0.29) is 5.75 Å². The van der Waals surface area contributed by atoms with Gasteiger partial charge in [0.15, 0.2) is 0 Å². The Kier molecular flexibility index (Phi) is 2.64. The molecule has 12 heavy (non-hydrogen) atoms. The molecular weight excluding hydrogens is 150 g/mol. The van der Waals surface area contributed by atoms with Crippen LogP contribution < -0.4 is 0 Å². The third-order valence-corrected chi connectivity index (χ3v) is 1.66. The van der Waals surface area contributed by atoms with E-state index in [0.29, 0.717) is 0 Å². The van der Waals surface area contributed by atoms with Gasteiger partial charge in [0.25, 0.3) is 0 Å². The fraction of sp³-hybridized carbons (Fsp3) is 0.100. The molecular formula is C10H11NO. The largest absolute Gasteiger partial charge is 0.508 e. The van der Waals surface area contributed by atoms with Crippen molar-refractivity contribution in [1.82, 2.24) is 0 Å². The highest BCUT2D eigenvalue weighted by Gasteiger charge is 1.93. The first-order valence-electron chi connectivity index (χ1n) is 3.71. The van der Waals surface area contributed by atoms with Gasteiger partial charge in [-0.15, -0.1) is 0 Å². The lowest BCUT2D eigenvalue weighted by atomic mass is 10.1. The third kappa shape index (κ3) is 1.95.